The molecule has 176 valence electrons. The Hall–Kier alpha value is -2.89. The number of hydrogen-bond donors (Lipinski definition) is 2. The number of nitrogen functional groups attached to an aromatic ring is 1. The van der Waals surface area contributed by atoms with Crippen molar-refractivity contribution in [1.29, 1.82) is 5.26 Å². The normalized spacial score (nSPS) is 24.4. The number of fused-ring (bicyclic) bond motifs is 4. The van der Waals surface area contributed by atoms with Gasteiger partial charge in [0.25, 0.3) is 0 Å². The first-order valence-electron chi connectivity index (χ1n) is 12.4. The van der Waals surface area contributed by atoms with Crippen molar-refractivity contribution in [2.24, 2.45) is 0 Å². The van der Waals surface area contributed by atoms with Gasteiger partial charge in [0.2, 0.25) is 0 Å². The number of pyridine rings is 1. The molecule has 0 bridgehead atoms. The highest BCUT2D eigenvalue weighted by molar-refractivity contribution is 7.16. The lowest BCUT2D eigenvalue weighted by Gasteiger charge is -2.39. The fourth-order valence-corrected chi connectivity index (χ4v) is 7.48. The highest BCUT2D eigenvalue weighted by atomic mass is 32.1. The van der Waals surface area contributed by atoms with Gasteiger partial charge in [0.15, 0.2) is 5.76 Å². The predicted molar refractivity (Wildman–Crippen MR) is 134 cm³/mol. The summed E-state index contributed by atoms with van der Waals surface area (Å²) in [4.78, 5) is 8.68. The van der Waals surface area contributed by atoms with Crippen LogP contribution in [-0.2, 0) is 18.3 Å². The number of nitriles is 1. The van der Waals surface area contributed by atoms with Gasteiger partial charge < -0.3 is 20.5 Å². The molecule has 3 aromatic heterocycles. The molecule has 34 heavy (non-hydrogen) atoms. The smallest absolute Gasteiger partial charge is 0.188 e. The zero-order valence-electron chi connectivity index (χ0n) is 19.6. The van der Waals surface area contributed by atoms with Crippen LogP contribution in [0.3, 0.4) is 0 Å². The average Bonchev–Trinajstić information content (AvgIpc) is 3.36. The molecule has 0 radical (unpaired) electrons. The minimum Gasteiger partial charge on any atom is -0.389 e. The van der Waals surface area contributed by atoms with Gasteiger partial charge in [-0.3, -0.25) is 0 Å². The molecule has 3 aliphatic rings. The first kappa shape index (κ1) is 21.6. The molecular formula is C26H30N6OS. The second kappa shape index (κ2) is 8.40. The number of thiophene rings is 1. The number of aryl methyl sites for hydroxylation is 1. The Morgan fingerprint density at radius 1 is 1.26 bits per heavy atom. The number of rotatable bonds is 2. The molecule has 1 saturated heterocycles. The lowest BCUT2D eigenvalue weighted by Crippen LogP contribution is -2.37. The van der Waals surface area contributed by atoms with Crippen molar-refractivity contribution in [1.82, 2.24) is 15.5 Å². The SMILES string of the molecule is C[C@H]1CNCCCN1c1cccc(-c2onc3c2CCC[C@@]32CCCc3sc(N)c(C#N)c32)n1. The van der Waals surface area contributed by atoms with E-state index in [1.807, 2.05) is 6.07 Å². The number of nitrogens with two attached hydrogens (primary N) is 1. The van der Waals surface area contributed by atoms with Crippen molar-refractivity contribution in [3.05, 3.63) is 45.5 Å². The van der Waals surface area contributed by atoms with Crippen LogP contribution in [0.2, 0.25) is 0 Å². The third-order valence-corrected chi connectivity index (χ3v) is 8.94. The molecule has 7 nitrogen and oxygen atoms in total. The molecule has 1 aliphatic heterocycles. The molecule has 1 spiro atoms. The van der Waals surface area contributed by atoms with Crippen molar-refractivity contribution in [2.75, 3.05) is 30.3 Å². The monoisotopic (exact) mass is 474 g/mol. The second-order valence-corrected chi connectivity index (χ2v) is 11.0. The van der Waals surface area contributed by atoms with Crippen LogP contribution in [0.25, 0.3) is 11.5 Å². The van der Waals surface area contributed by atoms with E-state index in [9.17, 15) is 5.26 Å². The van der Waals surface area contributed by atoms with Crippen molar-refractivity contribution >= 4 is 22.2 Å². The summed E-state index contributed by atoms with van der Waals surface area (Å²) in [7, 11) is 0. The Balaban J connectivity index is 1.44. The number of nitrogens with one attached hydrogen (secondary N) is 1. The molecule has 6 rings (SSSR count). The fraction of sp³-hybridized carbons (Fsp3) is 0.500. The molecular weight excluding hydrogens is 444 g/mol. The van der Waals surface area contributed by atoms with E-state index in [1.165, 1.54) is 4.88 Å². The average molecular weight is 475 g/mol. The minimum atomic E-state index is -0.273. The highest BCUT2D eigenvalue weighted by Gasteiger charge is 2.48. The zero-order chi connectivity index (χ0) is 23.3. The Labute approximate surface area is 204 Å². The number of anilines is 2. The summed E-state index contributed by atoms with van der Waals surface area (Å²) >= 11 is 1.58. The van der Waals surface area contributed by atoms with Gasteiger partial charge in [-0.2, -0.15) is 5.26 Å². The summed E-state index contributed by atoms with van der Waals surface area (Å²) in [6.07, 6.45) is 7.09. The third kappa shape index (κ3) is 3.25. The first-order valence-corrected chi connectivity index (χ1v) is 13.2. The summed E-state index contributed by atoms with van der Waals surface area (Å²) in [6, 6.07) is 8.98. The Bertz CT molecular complexity index is 1270. The van der Waals surface area contributed by atoms with Gasteiger partial charge in [0.1, 0.15) is 22.6 Å². The number of nitrogens with zero attached hydrogens (tertiary/aromatic N) is 4. The van der Waals surface area contributed by atoms with E-state index in [0.717, 1.165) is 98.7 Å². The fourth-order valence-electron chi connectivity index (χ4n) is 6.32. The van der Waals surface area contributed by atoms with E-state index in [4.69, 9.17) is 15.2 Å². The van der Waals surface area contributed by atoms with Crippen LogP contribution < -0.4 is 16.0 Å². The van der Waals surface area contributed by atoms with E-state index in [1.54, 1.807) is 11.3 Å². The van der Waals surface area contributed by atoms with E-state index in [-0.39, 0.29) is 5.41 Å². The first-order chi connectivity index (χ1) is 16.6. The maximum Gasteiger partial charge on any atom is 0.188 e. The molecule has 3 aromatic rings. The van der Waals surface area contributed by atoms with Crippen LogP contribution in [0.1, 0.15) is 66.3 Å². The predicted octanol–water partition coefficient (Wildman–Crippen LogP) is 4.40. The molecule has 3 N–H and O–H groups in total. The molecule has 2 aliphatic carbocycles. The van der Waals surface area contributed by atoms with Gasteiger partial charge in [0, 0.05) is 35.0 Å². The van der Waals surface area contributed by atoms with Gasteiger partial charge in [0.05, 0.1) is 11.3 Å². The summed E-state index contributed by atoms with van der Waals surface area (Å²) in [5.41, 5.74) is 10.8. The summed E-state index contributed by atoms with van der Waals surface area (Å²) in [5.74, 6) is 1.77. The lowest BCUT2D eigenvalue weighted by atomic mass is 9.62. The standard InChI is InChI=1S/C26H30N6OS/c1-16-15-29-12-5-13-32(16)21-9-2-7-19(30-21)23-17-6-3-10-26(24(17)31-33-23)11-4-8-20-22(26)18(14-27)25(28)34-20/h2,7,9,16,29H,3-6,8,10-13,15,28H2,1H3/t16-,26-/m0/s1. The quantitative estimate of drug-likeness (QED) is 0.567. The van der Waals surface area contributed by atoms with E-state index in [0.29, 0.717) is 16.6 Å². The summed E-state index contributed by atoms with van der Waals surface area (Å²) in [6.45, 7) is 5.23. The molecule has 2 atom stereocenters. The van der Waals surface area contributed by atoms with E-state index < -0.39 is 0 Å². The van der Waals surface area contributed by atoms with Crippen LogP contribution in [-0.4, -0.2) is 35.8 Å². The van der Waals surface area contributed by atoms with Crippen LogP contribution in [0.15, 0.2) is 22.7 Å². The van der Waals surface area contributed by atoms with Crippen molar-refractivity contribution in [3.63, 3.8) is 0 Å². The molecule has 8 heteroatoms. The van der Waals surface area contributed by atoms with Crippen molar-refractivity contribution in [2.45, 2.75) is 63.3 Å². The maximum atomic E-state index is 9.92. The maximum absolute atomic E-state index is 9.92. The lowest BCUT2D eigenvalue weighted by molar-refractivity contribution is 0.337. The van der Waals surface area contributed by atoms with Gasteiger partial charge in [-0.05, 0) is 76.1 Å². The van der Waals surface area contributed by atoms with E-state index in [2.05, 4.69) is 40.5 Å². The summed E-state index contributed by atoms with van der Waals surface area (Å²) < 4.78 is 6.07. The van der Waals surface area contributed by atoms with Crippen molar-refractivity contribution < 1.29 is 4.52 Å². The van der Waals surface area contributed by atoms with Gasteiger partial charge in [-0.1, -0.05) is 11.2 Å². The molecule has 1 fully saturated rings. The second-order valence-electron chi connectivity index (χ2n) is 9.86. The Morgan fingerprint density at radius 2 is 2.12 bits per heavy atom. The largest absolute Gasteiger partial charge is 0.389 e. The van der Waals surface area contributed by atoms with E-state index >= 15 is 0 Å². The molecule has 0 saturated carbocycles. The van der Waals surface area contributed by atoms with Crippen LogP contribution in [0.4, 0.5) is 10.8 Å². The zero-order valence-corrected chi connectivity index (χ0v) is 20.4. The van der Waals surface area contributed by atoms with Gasteiger partial charge >= 0.3 is 0 Å². The number of aromatic nitrogens is 2. The van der Waals surface area contributed by atoms with Crippen molar-refractivity contribution in [3.8, 4) is 17.5 Å². The van der Waals surface area contributed by atoms with Gasteiger partial charge in [-0.25, -0.2) is 4.98 Å². The molecule has 0 amide bonds. The molecule has 4 heterocycles. The molecule has 0 unspecified atom stereocenters. The molecule has 0 aromatic carbocycles. The topological polar surface area (TPSA) is 104 Å². The van der Waals surface area contributed by atoms with Gasteiger partial charge in [-0.15, -0.1) is 11.3 Å². The Morgan fingerprint density at radius 3 is 2.97 bits per heavy atom. The van der Waals surface area contributed by atoms with Crippen LogP contribution in [0.5, 0.6) is 0 Å². The third-order valence-electron chi connectivity index (χ3n) is 7.86. The van der Waals surface area contributed by atoms with Crippen LogP contribution in [0, 0.1) is 11.3 Å². The minimum absolute atomic E-state index is 0.273. The number of hydrogen-bond acceptors (Lipinski definition) is 8. The highest BCUT2D eigenvalue weighted by Crippen LogP contribution is 2.54. The Kier molecular flexibility index (Phi) is 5.34. The van der Waals surface area contributed by atoms with Crippen LogP contribution >= 0.6 is 11.3 Å². The summed E-state index contributed by atoms with van der Waals surface area (Å²) in [5, 5.41) is 18.7.